The molecule has 0 aliphatic heterocycles. The molecule has 1 aromatic heterocycles. The topological polar surface area (TPSA) is 85.1 Å². The van der Waals surface area contributed by atoms with E-state index in [0.29, 0.717) is 12.0 Å². The Labute approximate surface area is 136 Å². The van der Waals surface area contributed by atoms with Gasteiger partial charge in [0.2, 0.25) is 5.91 Å². The Morgan fingerprint density at radius 2 is 2.10 bits per heavy atom. The Morgan fingerprint density at radius 3 is 2.71 bits per heavy atom. The highest BCUT2D eigenvalue weighted by atomic mass is 127. The number of carbonyl (C=O) groups is 2. The van der Waals surface area contributed by atoms with Crippen molar-refractivity contribution in [2.75, 3.05) is 0 Å². The summed E-state index contributed by atoms with van der Waals surface area (Å²) in [5.41, 5.74) is 6.71. The first-order valence-electron chi connectivity index (χ1n) is 6.31. The van der Waals surface area contributed by atoms with E-state index in [4.69, 9.17) is 5.73 Å². The van der Waals surface area contributed by atoms with Gasteiger partial charge in [-0.05, 0) is 52.4 Å². The maximum atomic E-state index is 12.1. The first kappa shape index (κ1) is 15.4. The molecule has 0 saturated heterocycles. The molecule has 108 valence electrons. The van der Waals surface area contributed by atoms with Crippen LogP contribution in [0.5, 0.6) is 0 Å². The van der Waals surface area contributed by atoms with Crippen molar-refractivity contribution in [2.45, 2.75) is 12.5 Å². The van der Waals surface area contributed by atoms with Gasteiger partial charge in [0, 0.05) is 22.4 Å². The van der Waals surface area contributed by atoms with Gasteiger partial charge in [0.1, 0.15) is 6.04 Å². The molecule has 2 aromatic rings. The lowest BCUT2D eigenvalue weighted by Gasteiger charge is -2.15. The second kappa shape index (κ2) is 7.16. The first-order chi connectivity index (χ1) is 10.1. The molecule has 0 radical (unpaired) electrons. The lowest BCUT2D eigenvalue weighted by molar-refractivity contribution is -0.119. The fourth-order valence-corrected chi connectivity index (χ4v) is 2.47. The van der Waals surface area contributed by atoms with E-state index in [1.165, 1.54) is 6.20 Å². The van der Waals surface area contributed by atoms with Gasteiger partial charge in [-0.1, -0.05) is 12.1 Å². The number of halogens is 1. The summed E-state index contributed by atoms with van der Waals surface area (Å²) in [6.45, 7) is 0. The van der Waals surface area contributed by atoms with Gasteiger partial charge in [0.15, 0.2) is 0 Å². The summed E-state index contributed by atoms with van der Waals surface area (Å²) in [6, 6.07) is 10.2. The van der Waals surface area contributed by atoms with Crippen LogP contribution in [0.2, 0.25) is 0 Å². The number of nitrogens with zero attached hydrogens (tertiary/aromatic N) is 1. The average Bonchev–Trinajstić information content (AvgIpc) is 2.47. The number of rotatable bonds is 5. The normalized spacial score (nSPS) is 11.7. The van der Waals surface area contributed by atoms with Gasteiger partial charge in [-0.3, -0.25) is 14.6 Å². The fourth-order valence-electron chi connectivity index (χ4n) is 1.86. The molecule has 1 aromatic carbocycles. The van der Waals surface area contributed by atoms with Crippen LogP contribution in [-0.4, -0.2) is 22.8 Å². The van der Waals surface area contributed by atoms with Crippen LogP contribution in [0, 0.1) is 3.57 Å². The third kappa shape index (κ3) is 4.52. The summed E-state index contributed by atoms with van der Waals surface area (Å²) in [4.78, 5) is 27.5. The first-order valence-corrected chi connectivity index (χ1v) is 7.39. The third-order valence-corrected chi connectivity index (χ3v) is 3.57. The van der Waals surface area contributed by atoms with Crippen molar-refractivity contribution < 1.29 is 9.59 Å². The monoisotopic (exact) mass is 395 g/mol. The summed E-state index contributed by atoms with van der Waals surface area (Å²) in [5.74, 6) is -0.927. The molecule has 0 aliphatic rings. The second-order valence-electron chi connectivity index (χ2n) is 4.50. The zero-order valence-electron chi connectivity index (χ0n) is 11.1. The van der Waals surface area contributed by atoms with Gasteiger partial charge in [0.05, 0.1) is 5.56 Å². The Morgan fingerprint density at radius 1 is 1.29 bits per heavy atom. The molecule has 5 nitrogen and oxygen atoms in total. The van der Waals surface area contributed by atoms with Gasteiger partial charge >= 0.3 is 0 Å². The van der Waals surface area contributed by atoms with E-state index in [0.717, 1.165) is 9.13 Å². The van der Waals surface area contributed by atoms with Crippen LogP contribution >= 0.6 is 22.6 Å². The maximum absolute atomic E-state index is 12.1. The van der Waals surface area contributed by atoms with Crippen LogP contribution in [0.3, 0.4) is 0 Å². The number of hydrogen-bond acceptors (Lipinski definition) is 3. The molecule has 1 atom stereocenters. The Bertz CT molecular complexity index is 646. The maximum Gasteiger partial charge on any atom is 0.253 e. The van der Waals surface area contributed by atoms with E-state index in [9.17, 15) is 9.59 Å². The Kier molecular flexibility index (Phi) is 5.26. The summed E-state index contributed by atoms with van der Waals surface area (Å²) in [5, 5.41) is 2.64. The minimum atomic E-state index is -0.754. The number of aromatic nitrogens is 1. The largest absolute Gasteiger partial charge is 0.368 e. The van der Waals surface area contributed by atoms with E-state index >= 15 is 0 Å². The third-order valence-electron chi connectivity index (χ3n) is 2.90. The predicted octanol–water partition coefficient (Wildman–Crippen LogP) is 1.51. The van der Waals surface area contributed by atoms with Crippen LogP contribution in [-0.2, 0) is 11.2 Å². The van der Waals surface area contributed by atoms with Crippen molar-refractivity contribution in [2.24, 2.45) is 5.73 Å². The number of pyridine rings is 1. The molecule has 0 saturated carbocycles. The standard InChI is InChI=1S/C15H14IN3O2/c16-12-5-1-3-10(7-12)8-13(14(17)20)19-15(21)11-4-2-6-18-9-11/h1-7,9,13H,8H2,(H2,17,20)(H,19,21)/t13-/m1/s1. The summed E-state index contributed by atoms with van der Waals surface area (Å²) >= 11 is 2.19. The molecule has 1 heterocycles. The number of amides is 2. The van der Waals surface area contributed by atoms with Crippen LogP contribution in [0.1, 0.15) is 15.9 Å². The second-order valence-corrected chi connectivity index (χ2v) is 5.75. The van der Waals surface area contributed by atoms with Crippen molar-refractivity contribution in [3.8, 4) is 0 Å². The Balaban J connectivity index is 2.09. The van der Waals surface area contributed by atoms with Crippen LogP contribution in [0.15, 0.2) is 48.8 Å². The van der Waals surface area contributed by atoms with E-state index in [1.807, 2.05) is 24.3 Å². The minimum Gasteiger partial charge on any atom is -0.368 e. The molecule has 6 heteroatoms. The number of benzene rings is 1. The zero-order valence-corrected chi connectivity index (χ0v) is 13.3. The minimum absolute atomic E-state index is 0.359. The lowest BCUT2D eigenvalue weighted by atomic mass is 10.1. The van der Waals surface area contributed by atoms with Crippen LogP contribution in [0.4, 0.5) is 0 Å². The van der Waals surface area contributed by atoms with E-state index in [-0.39, 0.29) is 5.91 Å². The molecule has 0 unspecified atom stereocenters. The summed E-state index contributed by atoms with van der Waals surface area (Å²) in [7, 11) is 0. The van der Waals surface area contributed by atoms with Gasteiger partial charge in [0.25, 0.3) is 5.91 Å². The van der Waals surface area contributed by atoms with Gasteiger partial charge < -0.3 is 11.1 Å². The van der Waals surface area contributed by atoms with Gasteiger partial charge in [-0.25, -0.2) is 0 Å². The number of hydrogen-bond donors (Lipinski definition) is 2. The van der Waals surface area contributed by atoms with Gasteiger partial charge in [-0.15, -0.1) is 0 Å². The Hall–Kier alpha value is -1.96. The van der Waals surface area contributed by atoms with Crippen LogP contribution < -0.4 is 11.1 Å². The quantitative estimate of drug-likeness (QED) is 0.753. The fraction of sp³-hybridized carbons (Fsp3) is 0.133. The molecule has 0 aliphatic carbocycles. The highest BCUT2D eigenvalue weighted by Crippen LogP contribution is 2.10. The molecule has 0 spiro atoms. The highest BCUT2D eigenvalue weighted by Gasteiger charge is 2.19. The van der Waals surface area contributed by atoms with Crippen molar-refractivity contribution in [3.05, 3.63) is 63.5 Å². The molecular formula is C15H14IN3O2. The SMILES string of the molecule is NC(=O)[C@@H](Cc1cccc(I)c1)NC(=O)c1cccnc1. The van der Waals surface area contributed by atoms with Crippen molar-refractivity contribution >= 4 is 34.4 Å². The number of carbonyl (C=O) groups excluding carboxylic acids is 2. The molecule has 3 N–H and O–H groups in total. The van der Waals surface area contributed by atoms with Crippen molar-refractivity contribution in [3.63, 3.8) is 0 Å². The van der Waals surface area contributed by atoms with Crippen molar-refractivity contribution in [1.29, 1.82) is 0 Å². The highest BCUT2D eigenvalue weighted by molar-refractivity contribution is 14.1. The number of primary amides is 1. The average molecular weight is 395 g/mol. The van der Waals surface area contributed by atoms with E-state index in [1.54, 1.807) is 18.3 Å². The molecular weight excluding hydrogens is 381 g/mol. The number of nitrogens with one attached hydrogen (secondary N) is 1. The van der Waals surface area contributed by atoms with E-state index < -0.39 is 11.9 Å². The van der Waals surface area contributed by atoms with Crippen molar-refractivity contribution in [1.82, 2.24) is 10.3 Å². The van der Waals surface area contributed by atoms with E-state index in [2.05, 4.69) is 32.9 Å². The molecule has 0 bridgehead atoms. The van der Waals surface area contributed by atoms with Gasteiger partial charge in [-0.2, -0.15) is 0 Å². The molecule has 2 rings (SSSR count). The van der Waals surface area contributed by atoms with Crippen LogP contribution in [0.25, 0.3) is 0 Å². The molecule has 21 heavy (non-hydrogen) atoms. The smallest absolute Gasteiger partial charge is 0.253 e. The molecule has 0 fully saturated rings. The summed E-state index contributed by atoms with van der Waals surface area (Å²) < 4.78 is 1.06. The zero-order chi connectivity index (χ0) is 15.2. The lowest BCUT2D eigenvalue weighted by Crippen LogP contribution is -2.45. The predicted molar refractivity (Wildman–Crippen MR) is 87.5 cm³/mol. The molecule has 2 amide bonds. The summed E-state index contributed by atoms with van der Waals surface area (Å²) in [6.07, 6.45) is 3.38. The number of nitrogens with two attached hydrogens (primary N) is 1.